The number of amides is 3. The van der Waals surface area contributed by atoms with Crippen molar-refractivity contribution in [1.82, 2.24) is 20.9 Å². The predicted octanol–water partition coefficient (Wildman–Crippen LogP) is 4.43. The van der Waals surface area contributed by atoms with Crippen molar-refractivity contribution >= 4 is 28.5 Å². The van der Waals surface area contributed by atoms with Crippen LogP contribution in [0, 0.1) is 11.8 Å². The average molecular weight is 537 g/mol. The monoisotopic (exact) mass is 536 g/mol. The van der Waals surface area contributed by atoms with E-state index in [0.717, 1.165) is 48.6 Å². The standard InChI is InChI=1S/C32H48N4O3/c1-6-25(7-2)32(39)36-18-10-13-29(36)31(38)35-28(30(37)33-17-16-23(5)34-21-22(3)4)20-24-14-15-26-11-8-9-12-27(26)19-24/h8-9,11-12,14-15,19,22-23,25,28-29,34H,6-7,10,13,16-18,20-21H2,1-5H3,(H,33,37)(H,35,38)/t23?,28-,29+/m1/s1. The van der Waals surface area contributed by atoms with E-state index < -0.39 is 12.1 Å². The number of hydrogen-bond donors (Lipinski definition) is 3. The second-order valence-electron chi connectivity index (χ2n) is 11.4. The normalized spacial score (nSPS) is 17.0. The van der Waals surface area contributed by atoms with E-state index in [2.05, 4.69) is 61.0 Å². The van der Waals surface area contributed by atoms with Gasteiger partial charge < -0.3 is 20.9 Å². The number of carbonyl (C=O) groups is 3. The number of carbonyl (C=O) groups excluding carboxylic acids is 3. The highest BCUT2D eigenvalue weighted by atomic mass is 16.2. The van der Waals surface area contributed by atoms with Crippen molar-refractivity contribution in [3.63, 3.8) is 0 Å². The Hall–Kier alpha value is -2.93. The largest absolute Gasteiger partial charge is 0.354 e. The molecule has 39 heavy (non-hydrogen) atoms. The van der Waals surface area contributed by atoms with E-state index in [1.54, 1.807) is 4.90 Å². The molecule has 7 heteroatoms. The summed E-state index contributed by atoms with van der Waals surface area (Å²) in [6.45, 7) is 12.5. The van der Waals surface area contributed by atoms with Crippen LogP contribution < -0.4 is 16.0 Å². The lowest BCUT2D eigenvalue weighted by atomic mass is 10.00. The van der Waals surface area contributed by atoms with Gasteiger partial charge in [-0.3, -0.25) is 14.4 Å². The van der Waals surface area contributed by atoms with E-state index in [1.165, 1.54) is 0 Å². The van der Waals surface area contributed by atoms with Crippen LogP contribution in [0.25, 0.3) is 10.8 Å². The van der Waals surface area contributed by atoms with Gasteiger partial charge in [-0.05, 0) is 67.8 Å². The fourth-order valence-electron chi connectivity index (χ4n) is 5.33. The molecule has 7 nitrogen and oxygen atoms in total. The summed E-state index contributed by atoms with van der Waals surface area (Å²) in [4.78, 5) is 41.8. The highest BCUT2D eigenvalue weighted by Crippen LogP contribution is 2.23. The second-order valence-corrected chi connectivity index (χ2v) is 11.4. The van der Waals surface area contributed by atoms with Gasteiger partial charge in [-0.2, -0.15) is 0 Å². The van der Waals surface area contributed by atoms with Crippen LogP contribution in [0.15, 0.2) is 42.5 Å². The van der Waals surface area contributed by atoms with Crippen LogP contribution >= 0.6 is 0 Å². The Morgan fingerprint density at radius 1 is 1.00 bits per heavy atom. The minimum atomic E-state index is -0.719. The first kappa shape index (κ1) is 30.6. The Kier molecular flexibility index (Phi) is 11.8. The lowest BCUT2D eigenvalue weighted by Gasteiger charge is -2.29. The molecule has 0 bridgehead atoms. The molecule has 3 rings (SSSR count). The maximum absolute atomic E-state index is 13.5. The van der Waals surface area contributed by atoms with Gasteiger partial charge in [0.1, 0.15) is 12.1 Å². The lowest BCUT2D eigenvalue weighted by molar-refractivity contribution is -0.142. The number of benzene rings is 2. The highest BCUT2D eigenvalue weighted by Gasteiger charge is 2.37. The Bertz CT molecular complexity index is 1100. The van der Waals surface area contributed by atoms with Crippen molar-refractivity contribution in [3.05, 3.63) is 48.0 Å². The molecule has 2 aromatic carbocycles. The number of fused-ring (bicyclic) bond motifs is 1. The summed E-state index contributed by atoms with van der Waals surface area (Å²) in [7, 11) is 0. The number of hydrogen-bond acceptors (Lipinski definition) is 4. The topological polar surface area (TPSA) is 90.5 Å². The fraction of sp³-hybridized carbons (Fsp3) is 0.594. The molecule has 1 aliphatic rings. The SMILES string of the molecule is CCC(CC)C(=O)N1CCC[C@H]1C(=O)N[C@H](Cc1ccc2ccccc2c1)C(=O)NCCC(C)NCC(C)C. The van der Waals surface area contributed by atoms with Crippen molar-refractivity contribution in [3.8, 4) is 0 Å². The predicted molar refractivity (Wildman–Crippen MR) is 158 cm³/mol. The number of likely N-dealkylation sites (tertiary alicyclic amines) is 1. The van der Waals surface area contributed by atoms with Gasteiger partial charge in [0.2, 0.25) is 17.7 Å². The zero-order valence-corrected chi connectivity index (χ0v) is 24.5. The summed E-state index contributed by atoms with van der Waals surface area (Å²) in [6.07, 6.45) is 4.13. The minimum Gasteiger partial charge on any atom is -0.354 e. The molecule has 0 saturated carbocycles. The highest BCUT2D eigenvalue weighted by molar-refractivity contribution is 5.93. The molecule has 0 aliphatic carbocycles. The third-order valence-electron chi connectivity index (χ3n) is 7.81. The van der Waals surface area contributed by atoms with E-state index >= 15 is 0 Å². The molecule has 2 aromatic rings. The van der Waals surface area contributed by atoms with Crippen LogP contribution in [0.5, 0.6) is 0 Å². The molecular weight excluding hydrogens is 488 g/mol. The van der Waals surface area contributed by atoms with E-state index in [-0.39, 0.29) is 29.7 Å². The summed E-state index contributed by atoms with van der Waals surface area (Å²) < 4.78 is 0. The lowest BCUT2D eigenvalue weighted by Crippen LogP contribution is -2.54. The molecule has 0 radical (unpaired) electrons. The molecule has 1 heterocycles. The number of nitrogens with one attached hydrogen (secondary N) is 3. The minimum absolute atomic E-state index is 0.0519. The van der Waals surface area contributed by atoms with Crippen molar-refractivity contribution in [2.45, 2.75) is 91.3 Å². The average Bonchev–Trinajstić information content (AvgIpc) is 3.42. The van der Waals surface area contributed by atoms with Crippen LogP contribution in [0.1, 0.15) is 72.3 Å². The van der Waals surface area contributed by atoms with Crippen LogP contribution in [-0.2, 0) is 20.8 Å². The summed E-state index contributed by atoms with van der Waals surface area (Å²) >= 11 is 0. The van der Waals surface area contributed by atoms with E-state index in [1.807, 2.05) is 32.0 Å². The summed E-state index contributed by atoms with van der Waals surface area (Å²) in [6, 6.07) is 13.3. The first-order chi connectivity index (χ1) is 18.7. The van der Waals surface area contributed by atoms with Crippen LogP contribution in [0.4, 0.5) is 0 Å². The van der Waals surface area contributed by atoms with E-state index in [9.17, 15) is 14.4 Å². The number of rotatable bonds is 14. The quantitative estimate of drug-likeness (QED) is 0.333. The van der Waals surface area contributed by atoms with Crippen molar-refractivity contribution < 1.29 is 14.4 Å². The van der Waals surface area contributed by atoms with Gasteiger partial charge in [-0.25, -0.2) is 0 Å². The number of nitrogens with zero attached hydrogens (tertiary/aromatic N) is 1. The Morgan fingerprint density at radius 3 is 2.41 bits per heavy atom. The Morgan fingerprint density at radius 2 is 1.72 bits per heavy atom. The molecule has 3 amide bonds. The van der Waals surface area contributed by atoms with Gasteiger partial charge in [0, 0.05) is 31.5 Å². The third-order valence-corrected chi connectivity index (χ3v) is 7.81. The zero-order valence-electron chi connectivity index (χ0n) is 24.5. The van der Waals surface area contributed by atoms with Crippen molar-refractivity contribution in [2.75, 3.05) is 19.6 Å². The summed E-state index contributed by atoms with van der Waals surface area (Å²) in [5.41, 5.74) is 0.984. The maximum Gasteiger partial charge on any atom is 0.243 e. The second kappa shape index (κ2) is 15.0. The Labute approximate surface area is 234 Å². The van der Waals surface area contributed by atoms with Crippen molar-refractivity contribution in [2.24, 2.45) is 11.8 Å². The van der Waals surface area contributed by atoms with Gasteiger partial charge in [0.25, 0.3) is 0 Å². The maximum atomic E-state index is 13.5. The molecule has 1 saturated heterocycles. The van der Waals surface area contributed by atoms with Crippen LogP contribution in [-0.4, -0.2) is 60.4 Å². The molecule has 3 atom stereocenters. The molecule has 1 aliphatic heterocycles. The van der Waals surface area contributed by atoms with Crippen LogP contribution in [0.3, 0.4) is 0 Å². The molecular formula is C32H48N4O3. The smallest absolute Gasteiger partial charge is 0.243 e. The van der Waals surface area contributed by atoms with E-state index in [4.69, 9.17) is 0 Å². The first-order valence-electron chi connectivity index (χ1n) is 14.8. The van der Waals surface area contributed by atoms with Gasteiger partial charge in [0.05, 0.1) is 0 Å². The first-order valence-corrected chi connectivity index (χ1v) is 14.8. The molecule has 1 unspecified atom stereocenters. The Balaban J connectivity index is 1.71. The fourth-order valence-corrected chi connectivity index (χ4v) is 5.33. The zero-order chi connectivity index (χ0) is 28.4. The summed E-state index contributed by atoms with van der Waals surface area (Å²) in [5.74, 6) is 0.121. The van der Waals surface area contributed by atoms with Gasteiger partial charge in [-0.15, -0.1) is 0 Å². The van der Waals surface area contributed by atoms with E-state index in [0.29, 0.717) is 31.8 Å². The molecule has 214 valence electrons. The van der Waals surface area contributed by atoms with Crippen LogP contribution in [0.2, 0.25) is 0 Å². The van der Waals surface area contributed by atoms with Crippen molar-refractivity contribution in [1.29, 1.82) is 0 Å². The summed E-state index contributed by atoms with van der Waals surface area (Å²) in [5, 5.41) is 11.8. The molecule has 1 fully saturated rings. The van der Waals surface area contributed by atoms with Gasteiger partial charge in [0.15, 0.2) is 0 Å². The van der Waals surface area contributed by atoms with Gasteiger partial charge >= 0.3 is 0 Å². The third kappa shape index (κ3) is 8.79. The molecule has 3 N–H and O–H groups in total. The molecule has 0 spiro atoms. The molecule has 0 aromatic heterocycles. The van der Waals surface area contributed by atoms with Gasteiger partial charge in [-0.1, -0.05) is 70.2 Å².